The number of hydrogen-bond donors (Lipinski definition) is 1. The molecule has 0 spiro atoms. The fourth-order valence-electron chi connectivity index (χ4n) is 1.92. The van der Waals surface area contributed by atoms with Crippen molar-refractivity contribution in [1.82, 2.24) is 9.97 Å². The van der Waals surface area contributed by atoms with Crippen LogP contribution in [0.1, 0.15) is 11.4 Å². The second-order valence-corrected chi connectivity index (χ2v) is 5.56. The molecule has 0 aliphatic rings. The molecule has 90 valence electrons. The summed E-state index contributed by atoms with van der Waals surface area (Å²) in [6, 6.07) is 14.9. The first-order chi connectivity index (χ1) is 8.70. The Morgan fingerprint density at radius 2 is 1.67 bits per heavy atom. The van der Waals surface area contributed by atoms with Crippen LogP contribution in [0, 0.1) is 13.8 Å². The summed E-state index contributed by atoms with van der Waals surface area (Å²) in [6.45, 7) is 4.08. The van der Waals surface area contributed by atoms with Gasteiger partial charge < -0.3 is 4.98 Å². The van der Waals surface area contributed by atoms with E-state index in [1.165, 1.54) is 15.4 Å². The van der Waals surface area contributed by atoms with Crippen molar-refractivity contribution in [3.63, 3.8) is 0 Å². The lowest BCUT2D eigenvalue weighted by atomic mass is 10.2. The zero-order valence-corrected chi connectivity index (χ0v) is 11.2. The quantitative estimate of drug-likeness (QED) is 0.737. The first-order valence-corrected chi connectivity index (χ1v) is 6.73. The van der Waals surface area contributed by atoms with Gasteiger partial charge in [0.1, 0.15) is 5.82 Å². The van der Waals surface area contributed by atoms with Gasteiger partial charge in [-0.15, -0.1) is 0 Å². The third kappa shape index (κ3) is 2.27. The number of imidazole rings is 1. The first kappa shape index (κ1) is 11.4. The number of aryl methyl sites for hydroxylation is 2. The number of benzene rings is 2. The van der Waals surface area contributed by atoms with Crippen LogP contribution in [0.3, 0.4) is 0 Å². The minimum atomic E-state index is 0.961. The van der Waals surface area contributed by atoms with Crippen molar-refractivity contribution in [2.75, 3.05) is 0 Å². The Labute approximate surface area is 110 Å². The van der Waals surface area contributed by atoms with Gasteiger partial charge in [-0.05, 0) is 44.2 Å². The SMILES string of the molecule is Cc1ccc(Sc2ccc3nc(C)[nH]c3c2)cc1. The second kappa shape index (κ2) is 4.50. The molecular formula is C15H14N2S. The molecule has 2 aromatic carbocycles. The smallest absolute Gasteiger partial charge is 0.104 e. The molecule has 3 rings (SSSR count). The van der Waals surface area contributed by atoms with Gasteiger partial charge in [-0.25, -0.2) is 4.98 Å². The van der Waals surface area contributed by atoms with Crippen LogP contribution in [-0.2, 0) is 0 Å². The molecule has 1 N–H and O–H groups in total. The van der Waals surface area contributed by atoms with E-state index in [2.05, 4.69) is 59.4 Å². The molecule has 0 atom stereocenters. The first-order valence-electron chi connectivity index (χ1n) is 5.91. The van der Waals surface area contributed by atoms with E-state index in [1.54, 1.807) is 11.8 Å². The van der Waals surface area contributed by atoms with Crippen LogP contribution in [0.15, 0.2) is 52.3 Å². The average Bonchev–Trinajstić information content (AvgIpc) is 2.71. The summed E-state index contributed by atoms with van der Waals surface area (Å²) >= 11 is 1.77. The van der Waals surface area contributed by atoms with E-state index in [-0.39, 0.29) is 0 Å². The highest BCUT2D eigenvalue weighted by molar-refractivity contribution is 7.99. The van der Waals surface area contributed by atoms with Gasteiger partial charge in [0.2, 0.25) is 0 Å². The van der Waals surface area contributed by atoms with E-state index in [0.29, 0.717) is 0 Å². The molecule has 0 aliphatic heterocycles. The van der Waals surface area contributed by atoms with Crippen LogP contribution in [-0.4, -0.2) is 9.97 Å². The molecule has 0 amide bonds. The third-order valence-electron chi connectivity index (χ3n) is 2.83. The highest BCUT2D eigenvalue weighted by Gasteiger charge is 2.02. The Morgan fingerprint density at radius 3 is 2.44 bits per heavy atom. The number of aromatic amines is 1. The van der Waals surface area contributed by atoms with E-state index >= 15 is 0 Å². The minimum absolute atomic E-state index is 0.961. The Morgan fingerprint density at radius 1 is 0.944 bits per heavy atom. The summed E-state index contributed by atoms with van der Waals surface area (Å²) in [7, 11) is 0. The van der Waals surface area contributed by atoms with Gasteiger partial charge in [-0.3, -0.25) is 0 Å². The summed E-state index contributed by atoms with van der Waals surface area (Å²) in [4.78, 5) is 10.2. The lowest BCUT2D eigenvalue weighted by Gasteiger charge is -2.02. The van der Waals surface area contributed by atoms with Gasteiger partial charge in [-0.1, -0.05) is 29.5 Å². The highest BCUT2D eigenvalue weighted by Crippen LogP contribution is 2.29. The Bertz CT molecular complexity index is 683. The Hall–Kier alpha value is -1.74. The summed E-state index contributed by atoms with van der Waals surface area (Å²) in [5, 5.41) is 0. The van der Waals surface area contributed by atoms with Crippen LogP contribution in [0.5, 0.6) is 0 Å². The van der Waals surface area contributed by atoms with Crippen molar-refractivity contribution < 1.29 is 0 Å². The van der Waals surface area contributed by atoms with E-state index in [4.69, 9.17) is 0 Å². The van der Waals surface area contributed by atoms with Crippen molar-refractivity contribution in [3.8, 4) is 0 Å². The van der Waals surface area contributed by atoms with Crippen molar-refractivity contribution >= 4 is 22.8 Å². The van der Waals surface area contributed by atoms with Crippen LogP contribution < -0.4 is 0 Å². The van der Waals surface area contributed by atoms with Gasteiger partial charge in [0.15, 0.2) is 0 Å². The molecule has 0 saturated carbocycles. The maximum atomic E-state index is 4.41. The lowest BCUT2D eigenvalue weighted by molar-refractivity contribution is 1.17. The molecule has 1 aromatic heterocycles. The molecule has 1 heterocycles. The van der Waals surface area contributed by atoms with Crippen LogP contribution in [0.25, 0.3) is 11.0 Å². The predicted molar refractivity (Wildman–Crippen MR) is 76.1 cm³/mol. The summed E-state index contributed by atoms with van der Waals surface area (Å²) < 4.78 is 0. The standard InChI is InChI=1S/C15H14N2S/c1-10-3-5-12(6-4-10)18-13-7-8-14-15(9-13)17-11(2)16-14/h3-9H,1-2H3,(H,16,17). The number of H-pyrrole nitrogens is 1. The number of rotatable bonds is 2. The fraction of sp³-hybridized carbons (Fsp3) is 0.133. The zero-order valence-electron chi connectivity index (χ0n) is 10.4. The molecule has 18 heavy (non-hydrogen) atoms. The van der Waals surface area contributed by atoms with Crippen molar-refractivity contribution in [2.45, 2.75) is 23.6 Å². The van der Waals surface area contributed by atoms with E-state index in [1.807, 2.05) is 6.92 Å². The van der Waals surface area contributed by atoms with E-state index in [9.17, 15) is 0 Å². The zero-order chi connectivity index (χ0) is 12.5. The number of hydrogen-bond acceptors (Lipinski definition) is 2. The topological polar surface area (TPSA) is 28.7 Å². The number of fused-ring (bicyclic) bond motifs is 1. The molecule has 3 aromatic rings. The molecule has 0 aliphatic carbocycles. The highest BCUT2D eigenvalue weighted by atomic mass is 32.2. The number of nitrogens with one attached hydrogen (secondary N) is 1. The maximum absolute atomic E-state index is 4.41. The Kier molecular flexibility index (Phi) is 2.84. The van der Waals surface area contributed by atoms with E-state index < -0.39 is 0 Å². The summed E-state index contributed by atoms with van der Waals surface area (Å²) in [5.41, 5.74) is 3.42. The molecule has 0 saturated heterocycles. The largest absolute Gasteiger partial charge is 0.342 e. The third-order valence-corrected chi connectivity index (χ3v) is 3.83. The van der Waals surface area contributed by atoms with Crippen molar-refractivity contribution in [3.05, 3.63) is 53.9 Å². The molecule has 3 heteroatoms. The van der Waals surface area contributed by atoms with Crippen LogP contribution in [0.2, 0.25) is 0 Å². The van der Waals surface area contributed by atoms with Crippen molar-refractivity contribution in [1.29, 1.82) is 0 Å². The molecular weight excluding hydrogens is 240 g/mol. The number of aromatic nitrogens is 2. The van der Waals surface area contributed by atoms with Gasteiger partial charge in [0, 0.05) is 9.79 Å². The monoisotopic (exact) mass is 254 g/mol. The van der Waals surface area contributed by atoms with Gasteiger partial charge >= 0.3 is 0 Å². The molecule has 0 radical (unpaired) electrons. The summed E-state index contributed by atoms with van der Waals surface area (Å²) in [5.74, 6) is 0.961. The van der Waals surface area contributed by atoms with Crippen LogP contribution in [0.4, 0.5) is 0 Å². The molecule has 0 bridgehead atoms. The minimum Gasteiger partial charge on any atom is -0.342 e. The summed E-state index contributed by atoms with van der Waals surface area (Å²) in [6.07, 6.45) is 0. The van der Waals surface area contributed by atoms with Gasteiger partial charge in [-0.2, -0.15) is 0 Å². The molecule has 0 unspecified atom stereocenters. The Balaban J connectivity index is 1.92. The predicted octanol–water partition coefficient (Wildman–Crippen LogP) is 4.33. The van der Waals surface area contributed by atoms with E-state index in [0.717, 1.165) is 16.9 Å². The molecule has 2 nitrogen and oxygen atoms in total. The van der Waals surface area contributed by atoms with Gasteiger partial charge in [0.25, 0.3) is 0 Å². The van der Waals surface area contributed by atoms with Gasteiger partial charge in [0.05, 0.1) is 11.0 Å². The fourth-order valence-corrected chi connectivity index (χ4v) is 2.78. The normalized spacial score (nSPS) is 11.0. The van der Waals surface area contributed by atoms with Crippen LogP contribution >= 0.6 is 11.8 Å². The second-order valence-electron chi connectivity index (χ2n) is 4.42. The number of nitrogens with zero attached hydrogens (tertiary/aromatic N) is 1. The lowest BCUT2D eigenvalue weighted by Crippen LogP contribution is -1.76. The maximum Gasteiger partial charge on any atom is 0.104 e. The average molecular weight is 254 g/mol. The molecule has 0 fully saturated rings. The van der Waals surface area contributed by atoms with Crippen molar-refractivity contribution in [2.24, 2.45) is 0 Å².